The zero-order chi connectivity index (χ0) is 23.0. The summed E-state index contributed by atoms with van der Waals surface area (Å²) in [6.07, 6.45) is 0. The minimum atomic E-state index is -1.98. The number of halogens is 2. The van der Waals surface area contributed by atoms with Gasteiger partial charge in [-0.25, -0.2) is 0 Å². The second-order valence-electron chi connectivity index (χ2n) is 9.79. The van der Waals surface area contributed by atoms with Crippen LogP contribution < -0.4 is 28.6 Å². The predicted octanol–water partition coefficient (Wildman–Crippen LogP) is 0.958. The third kappa shape index (κ3) is 5.39. The van der Waals surface area contributed by atoms with Gasteiger partial charge in [0.1, 0.15) is 0 Å². The molecular weight excluding hydrogens is 513 g/mol. The van der Waals surface area contributed by atoms with Crippen molar-refractivity contribution in [1.29, 1.82) is 0 Å². The van der Waals surface area contributed by atoms with Crippen LogP contribution in [0.3, 0.4) is 0 Å². The molecule has 0 aromatic heterocycles. The van der Waals surface area contributed by atoms with Gasteiger partial charge in [-0.3, -0.25) is 0 Å². The molecule has 179 valence electrons. The smallest absolute Gasteiger partial charge is 1.00 e. The van der Waals surface area contributed by atoms with Gasteiger partial charge in [-0.15, -0.1) is 0 Å². The zero-order valence-corrected chi connectivity index (χ0v) is 25.1. The fourth-order valence-electron chi connectivity index (χ4n) is 5.05. The van der Waals surface area contributed by atoms with Gasteiger partial charge >= 0.3 is 201 Å². The Kier molecular flexibility index (Phi) is 10.2. The van der Waals surface area contributed by atoms with E-state index in [1.807, 2.05) is 0 Å². The Morgan fingerprint density at radius 1 is 0.765 bits per heavy atom. The fourth-order valence-corrected chi connectivity index (χ4v) is 15.2. The molecule has 1 aliphatic carbocycles. The summed E-state index contributed by atoms with van der Waals surface area (Å²) in [6, 6.07) is 24.0. The summed E-state index contributed by atoms with van der Waals surface area (Å²) in [7, 11) is 0. The fraction of sp³-hybridized carbons (Fsp3) is 0.321. The molecule has 0 fully saturated rings. The van der Waals surface area contributed by atoms with E-state index >= 15 is 0 Å². The topological polar surface area (TPSA) is 29.1 Å². The number of nitrogens with one attached hydrogen (secondary N) is 1. The van der Waals surface area contributed by atoms with Gasteiger partial charge in [0.05, 0.1) is 0 Å². The Morgan fingerprint density at radius 2 is 1.21 bits per heavy atom. The normalized spacial score (nSPS) is 12.1. The van der Waals surface area contributed by atoms with Gasteiger partial charge in [-0.05, 0) is 0 Å². The second kappa shape index (κ2) is 12.1. The molecule has 2 nitrogen and oxygen atoms in total. The molecule has 0 aliphatic heterocycles. The van der Waals surface area contributed by atoms with Crippen LogP contribution in [0.4, 0.5) is 0 Å². The van der Waals surface area contributed by atoms with Crippen molar-refractivity contribution in [3.05, 3.63) is 94.5 Å². The number of fused-ring (bicyclic) bond motifs is 3. The Bertz CT molecular complexity index is 1080. The van der Waals surface area contributed by atoms with E-state index in [0.29, 0.717) is 16.1 Å². The third-order valence-electron chi connectivity index (χ3n) is 6.62. The first kappa shape index (κ1) is 28.9. The summed E-state index contributed by atoms with van der Waals surface area (Å²) in [6.45, 7) is 12.5. The molecule has 0 heterocycles. The summed E-state index contributed by atoms with van der Waals surface area (Å²) in [5, 5.41) is 0. The Labute approximate surface area is 224 Å². The quantitative estimate of drug-likeness (QED) is 0.458. The Balaban J connectivity index is 0.00000204. The van der Waals surface area contributed by atoms with Crippen molar-refractivity contribution in [2.75, 3.05) is 0 Å². The monoisotopic (exact) mass is 546 g/mol. The van der Waals surface area contributed by atoms with Crippen LogP contribution in [-0.4, -0.2) is 12.6 Å². The molecule has 1 amide bonds. The maximum absolute atomic E-state index is 13.9. The molecule has 0 saturated heterocycles. The van der Waals surface area contributed by atoms with Crippen molar-refractivity contribution in [3.8, 4) is 11.1 Å². The molecular formula is C28H34Cl2NOSiTi. The molecule has 0 atom stereocenters. The Morgan fingerprint density at radius 3 is 1.62 bits per heavy atom. The molecule has 0 saturated carbocycles. The van der Waals surface area contributed by atoms with Crippen LogP contribution in [0.25, 0.3) is 11.1 Å². The molecule has 4 rings (SSSR count). The minimum Gasteiger partial charge on any atom is -1.00 e. The number of carbonyl (C=O) groups excluding carboxylic acids is 1. The standard InChI is InChI=1S/C13H19NO.C13H9.C2H7Si.2ClH.Ti/c1-8(2)10-6-5-7-11(9(3)4)12(10)13(14)15;1-3-7-12-10(5-1)9-11-6-2-4-8-13(11)12;1-3-2;;;/h5-9H,1-4H3,(H2,14,15);1-9H;3H,1-2H3;2*1H;/q;;;;;+3/p-3. The average Bonchev–Trinajstić information content (AvgIpc) is 3.10. The largest absolute Gasteiger partial charge is 1.00 e. The van der Waals surface area contributed by atoms with E-state index < -0.39 is 24.0 Å². The van der Waals surface area contributed by atoms with Gasteiger partial charge in [0.25, 0.3) is 0 Å². The van der Waals surface area contributed by atoms with E-state index in [0.717, 1.165) is 5.56 Å². The van der Waals surface area contributed by atoms with Crippen LogP contribution in [-0.2, 0) is 17.4 Å². The second-order valence-corrected chi connectivity index (χ2v) is 22.8. The van der Waals surface area contributed by atoms with E-state index in [-0.39, 0.29) is 30.7 Å². The van der Waals surface area contributed by atoms with Crippen molar-refractivity contribution in [3.63, 3.8) is 0 Å². The molecule has 0 spiro atoms. The van der Waals surface area contributed by atoms with Gasteiger partial charge in [0.2, 0.25) is 0 Å². The predicted molar refractivity (Wildman–Crippen MR) is 135 cm³/mol. The molecule has 1 aliphatic rings. The summed E-state index contributed by atoms with van der Waals surface area (Å²) in [4.78, 5) is 13.9. The third-order valence-corrected chi connectivity index (χ3v) is 18.4. The van der Waals surface area contributed by atoms with Crippen LogP contribution in [0, 0.1) is 0 Å². The molecule has 0 unspecified atom stereocenters. The van der Waals surface area contributed by atoms with Crippen LogP contribution in [0.1, 0.15) is 76.4 Å². The summed E-state index contributed by atoms with van der Waals surface area (Å²) < 4.78 is 4.12. The number of benzene rings is 3. The zero-order valence-electron chi connectivity index (χ0n) is 20.8. The molecule has 1 N–H and O–H groups in total. The van der Waals surface area contributed by atoms with Crippen molar-refractivity contribution in [2.24, 2.45) is 0 Å². The SMILES string of the molecule is CC(C)c1cccc(C(C)C)c1C(=O)[NH][Ti+2]([CH]1c2ccccc2-c2ccccc21)[SiH](C)C.[Cl-].[Cl-]. The van der Waals surface area contributed by atoms with Gasteiger partial charge in [-0.1, -0.05) is 0 Å². The Hall–Kier alpha value is -1.36. The van der Waals surface area contributed by atoms with Crippen LogP contribution >= 0.6 is 0 Å². The summed E-state index contributed by atoms with van der Waals surface area (Å²) in [5.74, 6) is 0.806. The molecule has 3 aromatic carbocycles. The molecule has 0 bridgehead atoms. The maximum atomic E-state index is 13.9. The summed E-state index contributed by atoms with van der Waals surface area (Å²) in [5.41, 5.74) is 8.82. The average molecular weight is 547 g/mol. The van der Waals surface area contributed by atoms with Gasteiger partial charge in [0.15, 0.2) is 0 Å². The first-order chi connectivity index (χ1) is 15.3. The first-order valence-corrected chi connectivity index (χ1v) is 19.1. The van der Waals surface area contributed by atoms with Crippen molar-refractivity contribution in [1.82, 2.24) is 3.80 Å². The number of hydrogen-bond acceptors (Lipinski definition) is 1. The number of hydrogen-bond donors (Lipinski definition) is 1. The van der Waals surface area contributed by atoms with Crippen molar-refractivity contribution >= 4 is 12.6 Å². The first-order valence-electron chi connectivity index (χ1n) is 11.8. The van der Waals surface area contributed by atoms with Crippen molar-refractivity contribution in [2.45, 2.75) is 56.8 Å². The number of amides is 1. The van der Waals surface area contributed by atoms with Crippen LogP contribution in [0.5, 0.6) is 0 Å². The molecule has 34 heavy (non-hydrogen) atoms. The van der Waals surface area contributed by atoms with Crippen LogP contribution in [0.15, 0.2) is 66.7 Å². The van der Waals surface area contributed by atoms with E-state index in [1.54, 1.807) is 0 Å². The molecule has 0 radical (unpaired) electrons. The summed E-state index contributed by atoms with van der Waals surface area (Å²) >= 11 is -1.98. The van der Waals surface area contributed by atoms with E-state index in [1.165, 1.54) is 33.4 Å². The van der Waals surface area contributed by atoms with Crippen LogP contribution in [0.2, 0.25) is 13.1 Å². The van der Waals surface area contributed by atoms with E-state index in [9.17, 15) is 4.79 Å². The van der Waals surface area contributed by atoms with Gasteiger partial charge < -0.3 is 24.8 Å². The van der Waals surface area contributed by atoms with Gasteiger partial charge in [-0.2, -0.15) is 0 Å². The van der Waals surface area contributed by atoms with E-state index in [2.05, 4.69) is 111 Å². The maximum Gasteiger partial charge on any atom is -1.00 e. The molecule has 6 heteroatoms. The van der Waals surface area contributed by atoms with Gasteiger partial charge in [0, 0.05) is 0 Å². The van der Waals surface area contributed by atoms with E-state index in [4.69, 9.17) is 0 Å². The molecule has 3 aromatic rings. The minimum absolute atomic E-state index is 0. The van der Waals surface area contributed by atoms with Crippen molar-refractivity contribution < 1.29 is 47.0 Å². The number of carbonyl (C=O) groups is 1. The number of rotatable bonds is 6.